The summed E-state index contributed by atoms with van der Waals surface area (Å²) in [6, 6.07) is 7.79. The lowest BCUT2D eigenvalue weighted by molar-refractivity contribution is 0.596. The highest BCUT2D eigenvalue weighted by Gasteiger charge is 2.18. The summed E-state index contributed by atoms with van der Waals surface area (Å²) < 4.78 is 1.94. The van der Waals surface area contributed by atoms with Gasteiger partial charge in [0.25, 0.3) is 0 Å². The van der Waals surface area contributed by atoms with E-state index in [9.17, 15) is 0 Å². The van der Waals surface area contributed by atoms with Crippen molar-refractivity contribution in [1.82, 2.24) is 14.8 Å². The minimum atomic E-state index is 0.0303. The summed E-state index contributed by atoms with van der Waals surface area (Å²) in [6.45, 7) is 4.16. The second-order valence-corrected chi connectivity index (χ2v) is 4.95. The molecule has 3 nitrogen and oxygen atoms in total. The van der Waals surface area contributed by atoms with E-state index in [1.54, 1.807) is 0 Å². The fourth-order valence-corrected chi connectivity index (χ4v) is 2.61. The molecular formula is C13H15Cl2N3. The number of aryl methyl sites for hydroxylation is 1. The van der Waals surface area contributed by atoms with Gasteiger partial charge >= 0.3 is 0 Å². The van der Waals surface area contributed by atoms with Crippen molar-refractivity contribution in [2.24, 2.45) is 0 Å². The molecule has 0 aliphatic heterocycles. The van der Waals surface area contributed by atoms with Gasteiger partial charge in [0.1, 0.15) is 5.82 Å². The fourth-order valence-electron chi connectivity index (χ4n) is 2.03. The number of halogens is 2. The first-order valence-corrected chi connectivity index (χ1v) is 6.74. The molecule has 1 aromatic carbocycles. The predicted octanol–water partition coefficient (Wildman–Crippen LogP) is 4.15. The Morgan fingerprint density at radius 1 is 1.22 bits per heavy atom. The van der Waals surface area contributed by atoms with E-state index in [2.05, 4.69) is 24.0 Å². The molecule has 0 radical (unpaired) electrons. The van der Waals surface area contributed by atoms with E-state index in [1.165, 1.54) is 0 Å². The van der Waals surface area contributed by atoms with Gasteiger partial charge in [-0.15, -0.1) is 10.2 Å². The van der Waals surface area contributed by atoms with Gasteiger partial charge in [0, 0.05) is 11.4 Å². The Balaban J connectivity index is 2.42. The molecular weight excluding hydrogens is 269 g/mol. The predicted molar refractivity (Wildman–Crippen MR) is 74.3 cm³/mol. The number of hydrogen-bond acceptors (Lipinski definition) is 2. The lowest BCUT2D eigenvalue weighted by Gasteiger charge is -2.17. The third-order valence-corrected chi connectivity index (χ3v) is 3.54. The molecule has 0 spiro atoms. The molecule has 2 rings (SSSR count). The molecule has 1 aromatic heterocycles. The zero-order valence-electron chi connectivity index (χ0n) is 10.4. The third kappa shape index (κ3) is 2.52. The number of hydrogen-bond donors (Lipinski definition) is 0. The average molecular weight is 284 g/mol. The highest BCUT2D eigenvalue weighted by atomic mass is 35.5. The first-order valence-electron chi connectivity index (χ1n) is 5.98. The standard InChI is InChI=1S/C13H15Cl2N3/c1-3-6-12-16-17-13(15)18(12)9(2)10-7-4-5-8-11(10)14/h4-5,7-9H,3,6H2,1-2H3. The molecule has 0 aliphatic rings. The molecule has 96 valence electrons. The van der Waals surface area contributed by atoms with Crippen LogP contribution in [0.3, 0.4) is 0 Å². The maximum atomic E-state index is 6.22. The van der Waals surface area contributed by atoms with E-state index in [-0.39, 0.29) is 6.04 Å². The molecule has 18 heavy (non-hydrogen) atoms. The molecule has 0 N–H and O–H groups in total. The van der Waals surface area contributed by atoms with Crippen molar-refractivity contribution in [3.8, 4) is 0 Å². The molecule has 1 atom stereocenters. The van der Waals surface area contributed by atoms with Gasteiger partial charge in [0.05, 0.1) is 6.04 Å². The third-order valence-electron chi connectivity index (χ3n) is 2.94. The van der Waals surface area contributed by atoms with Crippen molar-refractivity contribution in [2.75, 3.05) is 0 Å². The van der Waals surface area contributed by atoms with Crippen LogP contribution in [0.1, 0.15) is 37.7 Å². The van der Waals surface area contributed by atoms with E-state index in [0.717, 1.165) is 29.3 Å². The molecule has 0 amide bonds. The summed E-state index contributed by atoms with van der Waals surface area (Å²) in [6.07, 6.45) is 1.86. The maximum Gasteiger partial charge on any atom is 0.225 e. The lowest BCUT2D eigenvalue weighted by Crippen LogP contribution is -2.11. The second-order valence-electron chi connectivity index (χ2n) is 4.20. The van der Waals surface area contributed by atoms with E-state index < -0.39 is 0 Å². The Bertz CT molecular complexity index is 537. The maximum absolute atomic E-state index is 6.22. The van der Waals surface area contributed by atoms with Gasteiger partial charge in [-0.3, -0.25) is 4.57 Å². The van der Waals surface area contributed by atoms with Crippen molar-refractivity contribution in [3.63, 3.8) is 0 Å². The van der Waals surface area contributed by atoms with Crippen molar-refractivity contribution < 1.29 is 0 Å². The van der Waals surface area contributed by atoms with Crippen LogP contribution in [0.25, 0.3) is 0 Å². The van der Waals surface area contributed by atoms with Crippen LogP contribution in [0.15, 0.2) is 24.3 Å². The van der Waals surface area contributed by atoms with Gasteiger partial charge in [0.15, 0.2) is 0 Å². The largest absolute Gasteiger partial charge is 0.294 e. The molecule has 0 saturated heterocycles. The van der Waals surface area contributed by atoms with E-state index in [1.807, 2.05) is 28.8 Å². The Kier molecular flexibility index (Phi) is 4.25. The highest BCUT2D eigenvalue weighted by molar-refractivity contribution is 6.31. The molecule has 5 heteroatoms. The van der Waals surface area contributed by atoms with Crippen LogP contribution in [0, 0.1) is 0 Å². The van der Waals surface area contributed by atoms with E-state index in [4.69, 9.17) is 23.2 Å². The first-order chi connectivity index (χ1) is 8.65. The molecule has 2 aromatic rings. The zero-order valence-corrected chi connectivity index (χ0v) is 11.9. The summed E-state index contributed by atoms with van der Waals surface area (Å²) in [5, 5.41) is 9.21. The van der Waals surface area contributed by atoms with Gasteiger partial charge in [-0.1, -0.05) is 36.7 Å². The van der Waals surface area contributed by atoms with Crippen molar-refractivity contribution in [1.29, 1.82) is 0 Å². The minimum Gasteiger partial charge on any atom is -0.294 e. The summed E-state index contributed by atoms with van der Waals surface area (Å²) in [5.74, 6) is 0.898. The smallest absolute Gasteiger partial charge is 0.225 e. The Morgan fingerprint density at radius 2 is 1.94 bits per heavy atom. The van der Waals surface area contributed by atoms with Crippen LogP contribution in [-0.4, -0.2) is 14.8 Å². The monoisotopic (exact) mass is 283 g/mol. The summed E-state index contributed by atoms with van der Waals surface area (Å²) >= 11 is 12.3. The number of aromatic nitrogens is 3. The van der Waals surface area contributed by atoms with Gasteiger partial charge in [-0.05, 0) is 36.6 Å². The van der Waals surface area contributed by atoms with Crippen LogP contribution in [0.2, 0.25) is 10.3 Å². The van der Waals surface area contributed by atoms with Crippen LogP contribution < -0.4 is 0 Å². The minimum absolute atomic E-state index is 0.0303. The number of benzene rings is 1. The van der Waals surface area contributed by atoms with Gasteiger partial charge in [-0.25, -0.2) is 0 Å². The summed E-state index contributed by atoms with van der Waals surface area (Å²) in [5.41, 5.74) is 1.03. The molecule has 0 fully saturated rings. The van der Waals surface area contributed by atoms with Gasteiger partial charge in [-0.2, -0.15) is 0 Å². The average Bonchev–Trinajstić information content (AvgIpc) is 2.71. The van der Waals surface area contributed by atoms with E-state index in [0.29, 0.717) is 5.28 Å². The van der Waals surface area contributed by atoms with Crippen molar-refractivity contribution >= 4 is 23.2 Å². The molecule has 0 saturated carbocycles. The van der Waals surface area contributed by atoms with Crippen LogP contribution >= 0.6 is 23.2 Å². The number of rotatable bonds is 4. The Labute approximate surface area is 117 Å². The van der Waals surface area contributed by atoms with Crippen molar-refractivity contribution in [2.45, 2.75) is 32.7 Å². The van der Waals surface area contributed by atoms with Gasteiger partial charge in [0.2, 0.25) is 5.28 Å². The van der Waals surface area contributed by atoms with E-state index >= 15 is 0 Å². The molecule has 1 unspecified atom stereocenters. The second kappa shape index (κ2) is 5.72. The van der Waals surface area contributed by atoms with Crippen LogP contribution in [0.4, 0.5) is 0 Å². The molecule has 0 aliphatic carbocycles. The normalized spacial score (nSPS) is 12.7. The molecule has 0 bridgehead atoms. The number of nitrogens with zero attached hydrogens (tertiary/aromatic N) is 3. The SMILES string of the molecule is CCCc1nnc(Cl)n1C(C)c1ccccc1Cl. The first kappa shape index (κ1) is 13.4. The quantitative estimate of drug-likeness (QED) is 0.844. The summed E-state index contributed by atoms with van der Waals surface area (Å²) in [7, 11) is 0. The Hall–Kier alpha value is -1.06. The van der Waals surface area contributed by atoms with Crippen LogP contribution in [-0.2, 0) is 6.42 Å². The fraction of sp³-hybridized carbons (Fsp3) is 0.385. The Morgan fingerprint density at radius 3 is 2.61 bits per heavy atom. The van der Waals surface area contributed by atoms with Gasteiger partial charge < -0.3 is 0 Å². The zero-order chi connectivity index (χ0) is 13.1. The lowest BCUT2D eigenvalue weighted by atomic mass is 10.1. The highest BCUT2D eigenvalue weighted by Crippen LogP contribution is 2.28. The topological polar surface area (TPSA) is 30.7 Å². The molecule has 1 heterocycles. The van der Waals surface area contributed by atoms with Crippen LogP contribution in [0.5, 0.6) is 0 Å². The van der Waals surface area contributed by atoms with Crippen molar-refractivity contribution in [3.05, 3.63) is 46.0 Å². The summed E-state index contributed by atoms with van der Waals surface area (Å²) in [4.78, 5) is 0.